The molecule has 2 fully saturated rings. The van der Waals surface area contributed by atoms with E-state index in [-0.39, 0.29) is 45.6 Å². The first-order chi connectivity index (χ1) is 12.4. The zero-order valence-electron chi connectivity index (χ0n) is 17.3. The van der Waals surface area contributed by atoms with Gasteiger partial charge in [-0.05, 0) is 41.9 Å². The topological polar surface area (TPSA) is 80.7 Å². The highest BCUT2D eigenvalue weighted by Gasteiger charge is 2.64. The van der Waals surface area contributed by atoms with E-state index in [0.717, 1.165) is 19.3 Å². The third kappa shape index (κ3) is 2.94. The fourth-order valence-electron chi connectivity index (χ4n) is 6.38. The summed E-state index contributed by atoms with van der Waals surface area (Å²) < 4.78 is 5.61. The number of hydrogen-bond acceptors (Lipinski definition) is 5. The van der Waals surface area contributed by atoms with Crippen molar-refractivity contribution in [2.24, 2.45) is 34.5 Å². The van der Waals surface area contributed by atoms with Gasteiger partial charge >= 0.3 is 5.97 Å². The number of esters is 1. The van der Waals surface area contributed by atoms with E-state index in [2.05, 4.69) is 20.8 Å². The van der Waals surface area contributed by atoms with Gasteiger partial charge in [0.05, 0.1) is 5.92 Å². The van der Waals surface area contributed by atoms with Gasteiger partial charge in [-0.25, -0.2) is 0 Å². The van der Waals surface area contributed by atoms with Crippen molar-refractivity contribution >= 4 is 17.5 Å². The third-order valence-electron chi connectivity index (χ3n) is 7.45. The SMILES string of the molecule is CC(=O)O[C@@H]1C[C@H]2C(C)(C)CCC[C@]2(C)[C@H]2C(=O)C(O)=C(C(C)C)C(=O)[C@@H]12. The molecule has 0 saturated heterocycles. The molecule has 27 heavy (non-hydrogen) atoms. The van der Waals surface area contributed by atoms with Gasteiger partial charge in [0.25, 0.3) is 0 Å². The van der Waals surface area contributed by atoms with E-state index < -0.39 is 23.9 Å². The molecule has 0 radical (unpaired) electrons. The third-order valence-corrected chi connectivity index (χ3v) is 7.45. The minimum Gasteiger partial charge on any atom is -0.504 e. The average Bonchev–Trinajstić information content (AvgIpc) is 2.52. The summed E-state index contributed by atoms with van der Waals surface area (Å²) >= 11 is 0. The van der Waals surface area contributed by atoms with E-state index in [9.17, 15) is 19.5 Å². The second kappa shape index (κ2) is 6.46. The molecule has 3 rings (SSSR count). The molecule has 0 spiro atoms. The minimum atomic E-state index is -0.690. The molecule has 0 aromatic rings. The van der Waals surface area contributed by atoms with Crippen LogP contribution in [0.3, 0.4) is 0 Å². The number of ketones is 2. The number of aliphatic hydroxyl groups is 1. The van der Waals surface area contributed by atoms with E-state index in [1.54, 1.807) is 13.8 Å². The van der Waals surface area contributed by atoms with Gasteiger partial charge in [-0.15, -0.1) is 0 Å². The summed E-state index contributed by atoms with van der Waals surface area (Å²) in [6.45, 7) is 11.4. The van der Waals surface area contributed by atoms with Crippen LogP contribution in [-0.2, 0) is 19.1 Å². The van der Waals surface area contributed by atoms with Crippen LogP contribution in [0.15, 0.2) is 11.3 Å². The molecule has 5 atom stereocenters. The van der Waals surface area contributed by atoms with Crippen LogP contribution in [0.1, 0.15) is 67.2 Å². The lowest BCUT2D eigenvalue weighted by Gasteiger charge is -2.60. The highest BCUT2D eigenvalue weighted by Crippen LogP contribution is 2.63. The number of carbonyl (C=O) groups is 3. The van der Waals surface area contributed by atoms with Crippen molar-refractivity contribution < 1.29 is 24.2 Å². The maximum absolute atomic E-state index is 13.4. The molecule has 5 nitrogen and oxygen atoms in total. The fraction of sp³-hybridized carbons (Fsp3) is 0.773. The van der Waals surface area contributed by atoms with Crippen LogP contribution in [-0.4, -0.2) is 28.7 Å². The van der Waals surface area contributed by atoms with Crippen molar-refractivity contribution in [2.75, 3.05) is 0 Å². The van der Waals surface area contributed by atoms with Crippen molar-refractivity contribution in [3.05, 3.63) is 11.3 Å². The van der Waals surface area contributed by atoms with Crippen LogP contribution in [0.5, 0.6) is 0 Å². The first kappa shape index (κ1) is 20.1. The summed E-state index contributed by atoms with van der Waals surface area (Å²) in [6, 6.07) is 0. The molecule has 3 aliphatic rings. The molecule has 0 unspecified atom stereocenters. The first-order valence-corrected chi connectivity index (χ1v) is 10.1. The summed E-state index contributed by atoms with van der Waals surface area (Å²) in [5.41, 5.74) is -0.209. The van der Waals surface area contributed by atoms with Crippen LogP contribution in [0, 0.1) is 34.5 Å². The molecule has 0 aromatic heterocycles. The molecule has 0 heterocycles. The molecule has 0 bridgehead atoms. The van der Waals surface area contributed by atoms with Crippen molar-refractivity contribution in [3.63, 3.8) is 0 Å². The lowest BCUT2D eigenvalue weighted by molar-refractivity contribution is -0.184. The monoisotopic (exact) mass is 376 g/mol. The van der Waals surface area contributed by atoms with Gasteiger partial charge < -0.3 is 9.84 Å². The van der Waals surface area contributed by atoms with E-state index in [1.807, 2.05) is 0 Å². The van der Waals surface area contributed by atoms with Crippen molar-refractivity contribution in [1.82, 2.24) is 0 Å². The van der Waals surface area contributed by atoms with Gasteiger partial charge in [0.15, 0.2) is 11.5 Å². The Bertz CT molecular complexity index is 716. The molecule has 3 aliphatic carbocycles. The second-order valence-corrected chi connectivity index (χ2v) is 9.93. The van der Waals surface area contributed by atoms with Gasteiger partial charge in [-0.2, -0.15) is 0 Å². The predicted octanol–water partition coefficient (Wildman–Crippen LogP) is 4.01. The normalized spacial score (nSPS) is 38.5. The molecule has 0 amide bonds. The van der Waals surface area contributed by atoms with Crippen molar-refractivity contribution in [3.8, 4) is 0 Å². The number of carbonyl (C=O) groups excluding carboxylic acids is 3. The number of rotatable bonds is 2. The average molecular weight is 376 g/mol. The fourth-order valence-corrected chi connectivity index (χ4v) is 6.38. The second-order valence-electron chi connectivity index (χ2n) is 9.93. The summed E-state index contributed by atoms with van der Waals surface area (Å²) in [5.74, 6) is -2.79. The molecular weight excluding hydrogens is 344 g/mol. The Morgan fingerprint density at radius 1 is 1.15 bits per heavy atom. The van der Waals surface area contributed by atoms with Gasteiger partial charge in [0.1, 0.15) is 6.10 Å². The smallest absolute Gasteiger partial charge is 0.302 e. The van der Waals surface area contributed by atoms with E-state index >= 15 is 0 Å². The molecule has 0 aliphatic heterocycles. The summed E-state index contributed by atoms with van der Waals surface area (Å²) in [4.78, 5) is 38.5. The van der Waals surface area contributed by atoms with Crippen LogP contribution in [0.25, 0.3) is 0 Å². The number of fused-ring (bicyclic) bond motifs is 3. The van der Waals surface area contributed by atoms with Crippen LogP contribution in [0.2, 0.25) is 0 Å². The Morgan fingerprint density at radius 3 is 2.33 bits per heavy atom. The summed E-state index contributed by atoms with van der Waals surface area (Å²) in [7, 11) is 0. The Kier molecular flexibility index (Phi) is 4.80. The number of aliphatic hydroxyl groups excluding tert-OH is 1. The predicted molar refractivity (Wildman–Crippen MR) is 101 cm³/mol. The standard InChI is InChI=1S/C22H32O5/c1-11(2)15-18(24)16-13(27-12(3)23)10-14-21(4,5)8-7-9-22(14,6)17(16)20(26)19(15)25/h11,13-14,16-17,25H,7-10H2,1-6H3/t13-,14+,16+,17-,22+/m1/s1. The maximum atomic E-state index is 13.4. The highest BCUT2D eigenvalue weighted by atomic mass is 16.5. The molecule has 0 aromatic carbocycles. The Balaban J connectivity index is 2.18. The van der Waals surface area contributed by atoms with Gasteiger partial charge in [-0.1, -0.05) is 41.0 Å². The Morgan fingerprint density at radius 2 is 1.78 bits per heavy atom. The van der Waals surface area contributed by atoms with Gasteiger partial charge in [-0.3, -0.25) is 14.4 Å². The Labute approximate surface area is 161 Å². The van der Waals surface area contributed by atoms with Gasteiger partial charge in [0.2, 0.25) is 5.78 Å². The zero-order chi connectivity index (χ0) is 20.3. The number of hydrogen-bond donors (Lipinski definition) is 1. The largest absolute Gasteiger partial charge is 0.504 e. The first-order valence-electron chi connectivity index (χ1n) is 10.1. The van der Waals surface area contributed by atoms with Crippen LogP contribution >= 0.6 is 0 Å². The van der Waals surface area contributed by atoms with Gasteiger partial charge in [0, 0.05) is 18.4 Å². The molecule has 1 N–H and O–H groups in total. The molecule has 150 valence electrons. The van der Waals surface area contributed by atoms with Crippen LogP contribution < -0.4 is 0 Å². The lowest BCUT2D eigenvalue weighted by atomic mass is 9.43. The van der Waals surface area contributed by atoms with E-state index in [4.69, 9.17) is 4.74 Å². The Hall–Kier alpha value is -1.65. The molecule has 2 saturated carbocycles. The summed E-state index contributed by atoms with van der Waals surface area (Å²) in [6.07, 6.45) is 2.86. The zero-order valence-corrected chi connectivity index (χ0v) is 17.3. The highest BCUT2D eigenvalue weighted by molar-refractivity contribution is 6.13. The van der Waals surface area contributed by atoms with E-state index in [0.29, 0.717) is 6.42 Å². The van der Waals surface area contributed by atoms with Crippen molar-refractivity contribution in [1.29, 1.82) is 0 Å². The minimum absolute atomic E-state index is 0.0165. The quantitative estimate of drug-likeness (QED) is 0.737. The van der Waals surface area contributed by atoms with Crippen molar-refractivity contribution in [2.45, 2.75) is 73.3 Å². The lowest BCUT2D eigenvalue weighted by Crippen LogP contribution is -2.62. The number of Topliss-reactive ketones (excluding diaryl/α,β-unsaturated/α-hetero) is 2. The molecular formula is C22H32O5. The van der Waals surface area contributed by atoms with Crippen LogP contribution in [0.4, 0.5) is 0 Å². The number of allylic oxidation sites excluding steroid dienone is 2. The van der Waals surface area contributed by atoms with E-state index in [1.165, 1.54) is 6.92 Å². The molecule has 5 heteroatoms. The number of ether oxygens (including phenoxy) is 1. The maximum Gasteiger partial charge on any atom is 0.302 e. The summed E-state index contributed by atoms with van der Waals surface area (Å²) in [5, 5.41) is 10.6.